The molecule has 1 amide bonds. The van der Waals surface area contributed by atoms with Crippen LogP contribution in [0, 0.1) is 19.8 Å². The number of rotatable bonds is 2. The molecule has 0 unspecified atom stereocenters. The van der Waals surface area contributed by atoms with E-state index in [0.29, 0.717) is 23.3 Å². The Morgan fingerprint density at radius 1 is 1.35 bits per heavy atom. The van der Waals surface area contributed by atoms with Gasteiger partial charge >= 0.3 is 0 Å². The molecule has 1 saturated carbocycles. The normalized spacial score (nSPS) is 24.6. The van der Waals surface area contributed by atoms with Gasteiger partial charge in [-0.05, 0) is 38.7 Å². The molecule has 0 spiro atoms. The van der Waals surface area contributed by atoms with Gasteiger partial charge in [-0.3, -0.25) is 4.79 Å². The van der Waals surface area contributed by atoms with Crippen molar-refractivity contribution in [2.75, 3.05) is 0 Å². The van der Waals surface area contributed by atoms with Crippen LogP contribution in [0.2, 0.25) is 0 Å². The lowest BCUT2D eigenvalue weighted by Gasteiger charge is -2.29. The van der Waals surface area contributed by atoms with Crippen LogP contribution in [0.25, 0.3) is 0 Å². The molecule has 0 radical (unpaired) electrons. The number of carbonyl (C=O) groups is 1. The number of hydrogen-bond donors (Lipinski definition) is 1. The maximum absolute atomic E-state index is 12.1. The number of hydrogen-bond acceptors (Lipinski definition) is 2. The van der Waals surface area contributed by atoms with Crippen molar-refractivity contribution in [3.8, 4) is 0 Å². The van der Waals surface area contributed by atoms with Gasteiger partial charge in [0, 0.05) is 6.04 Å². The minimum atomic E-state index is 0.0121. The van der Waals surface area contributed by atoms with Crippen LogP contribution in [0.15, 0.2) is 10.5 Å². The van der Waals surface area contributed by atoms with Crippen molar-refractivity contribution < 1.29 is 9.21 Å². The number of amides is 1. The quantitative estimate of drug-likeness (QED) is 0.855. The summed E-state index contributed by atoms with van der Waals surface area (Å²) in [5.41, 5.74) is 0.681. The van der Waals surface area contributed by atoms with Crippen molar-refractivity contribution in [1.29, 1.82) is 0 Å². The Kier molecular flexibility index (Phi) is 3.55. The molecule has 0 saturated heterocycles. The first-order chi connectivity index (χ1) is 8.08. The first-order valence-electron chi connectivity index (χ1n) is 6.46. The van der Waals surface area contributed by atoms with Crippen LogP contribution in [0.1, 0.15) is 54.5 Å². The number of nitrogens with one attached hydrogen (secondary N) is 1. The lowest BCUT2D eigenvalue weighted by Crippen LogP contribution is -2.41. The summed E-state index contributed by atoms with van der Waals surface area (Å²) in [6, 6.07) is 2.14. The summed E-state index contributed by atoms with van der Waals surface area (Å²) in [5.74, 6) is 2.10. The Balaban J connectivity index is 2.03. The third kappa shape index (κ3) is 2.71. The molecular weight excluding hydrogens is 214 g/mol. The molecule has 3 heteroatoms. The molecule has 3 nitrogen and oxygen atoms in total. The van der Waals surface area contributed by atoms with E-state index >= 15 is 0 Å². The highest BCUT2D eigenvalue weighted by Gasteiger charge is 2.24. The summed E-state index contributed by atoms with van der Waals surface area (Å²) < 4.78 is 5.39. The van der Waals surface area contributed by atoms with Gasteiger partial charge in [-0.2, -0.15) is 0 Å². The molecule has 1 aromatic heterocycles. The number of aryl methyl sites for hydroxylation is 2. The van der Waals surface area contributed by atoms with Gasteiger partial charge in [-0.25, -0.2) is 0 Å². The molecule has 1 aliphatic rings. The lowest BCUT2D eigenvalue weighted by molar-refractivity contribution is 0.0909. The van der Waals surface area contributed by atoms with Crippen molar-refractivity contribution in [2.45, 2.75) is 52.5 Å². The highest BCUT2D eigenvalue weighted by Crippen LogP contribution is 2.24. The molecule has 0 aromatic carbocycles. The average molecular weight is 235 g/mol. The molecule has 17 heavy (non-hydrogen) atoms. The van der Waals surface area contributed by atoms with E-state index in [1.165, 1.54) is 19.3 Å². The zero-order valence-electron chi connectivity index (χ0n) is 10.9. The lowest BCUT2D eigenvalue weighted by atomic mass is 9.86. The Morgan fingerprint density at radius 2 is 2.06 bits per heavy atom. The fourth-order valence-electron chi connectivity index (χ4n) is 2.63. The van der Waals surface area contributed by atoms with E-state index in [-0.39, 0.29) is 5.91 Å². The number of furan rings is 1. The molecule has 0 bridgehead atoms. The van der Waals surface area contributed by atoms with Crippen molar-refractivity contribution in [3.63, 3.8) is 0 Å². The van der Waals surface area contributed by atoms with Crippen molar-refractivity contribution >= 4 is 5.91 Å². The summed E-state index contributed by atoms with van der Waals surface area (Å²) in [6.07, 6.45) is 4.83. The second-order valence-electron chi connectivity index (χ2n) is 5.17. The van der Waals surface area contributed by atoms with E-state index in [1.807, 2.05) is 19.9 Å². The fourth-order valence-corrected chi connectivity index (χ4v) is 2.63. The molecule has 1 aliphatic carbocycles. The maximum Gasteiger partial charge on any atom is 0.255 e. The first-order valence-corrected chi connectivity index (χ1v) is 6.46. The zero-order chi connectivity index (χ0) is 12.4. The van der Waals surface area contributed by atoms with Gasteiger partial charge in [0.05, 0.1) is 5.56 Å². The molecule has 2 rings (SSSR count). The highest BCUT2D eigenvalue weighted by atomic mass is 16.3. The molecule has 1 heterocycles. The van der Waals surface area contributed by atoms with Crippen molar-refractivity contribution in [3.05, 3.63) is 23.2 Å². The molecule has 1 N–H and O–H groups in total. The van der Waals surface area contributed by atoms with Crippen molar-refractivity contribution in [1.82, 2.24) is 5.32 Å². The van der Waals surface area contributed by atoms with Crippen LogP contribution in [-0.4, -0.2) is 11.9 Å². The van der Waals surface area contributed by atoms with Gasteiger partial charge in [-0.1, -0.05) is 19.8 Å². The topological polar surface area (TPSA) is 42.2 Å². The minimum Gasteiger partial charge on any atom is -0.466 e. The van der Waals surface area contributed by atoms with Gasteiger partial charge in [0.1, 0.15) is 11.5 Å². The molecule has 2 atom stereocenters. The third-order valence-electron chi connectivity index (χ3n) is 3.71. The fraction of sp³-hybridized carbons (Fsp3) is 0.643. The molecule has 1 fully saturated rings. The summed E-state index contributed by atoms with van der Waals surface area (Å²) in [7, 11) is 0. The van der Waals surface area contributed by atoms with Crippen molar-refractivity contribution in [2.24, 2.45) is 5.92 Å². The van der Waals surface area contributed by atoms with Gasteiger partial charge in [0.25, 0.3) is 5.91 Å². The van der Waals surface area contributed by atoms with E-state index < -0.39 is 0 Å². The van der Waals surface area contributed by atoms with Gasteiger partial charge in [0.15, 0.2) is 0 Å². The highest BCUT2D eigenvalue weighted by molar-refractivity contribution is 5.95. The first kappa shape index (κ1) is 12.2. The second-order valence-corrected chi connectivity index (χ2v) is 5.17. The minimum absolute atomic E-state index is 0.0121. The number of carbonyl (C=O) groups excluding carboxylic acids is 1. The Hall–Kier alpha value is -1.25. The largest absolute Gasteiger partial charge is 0.466 e. The Labute approximate surface area is 103 Å². The van der Waals surface area contributed by atoms with E-state index in [0.717, 1.165) is 12.2 Å². The molecular formula is C14H21NO2. The second kappa shape index (κ2) is 4.94. The van der Waals surface area contributed by atoms with Crippen LogP contribution in [0.5, 0.6) is 0 Å². The predicted octanol–water partition coefficient (Wildman–Crippen LogP) is 3.20. The van der Waals surface area contributed by atoms with Crippen LogP contribution in [0.4, 0.5) is 0 Å². The van der Waals surface area contributed by atoms with Gasteiger partial charge < -0.3 is 9.73 Å². The van der Waals surface area contributed by atoms with E-state index in [4.69, 9.17) is 4.42 Å². The van der Waals surface area contributed by atoms with Crippen LogP contribution < -0.4 is 5.32 Å². The SMILES string of the molecule is Cc1cc(C(=O)N[C@@H]2CCCC[C@H]2C)c(C)o1. The van der Waals surface area contributed by atoms with Crippen LogP contribution in [0.3, 0.4) is 0 Å². The molecule has 0 aliphatic heterocycles. The zero-order valence-corrected chi connectivity index (χ0v) is 10.9. The van der Waals surface area contributed by atoms with Gasteiger partial charge in [0.2, 0.25) is 0 Å². The smallest absolute Gasteiger partial charge is 0.255 e. The molecule has 1 aromatic rings. The summed E-state index contributed by atoms with van der Waals surface area (Å²) >= 11 is 0. The Bertz CT molecular complexity index is 408. The summed E-state index contributed by atoms with van der Waals surface area (Å²) in [5, 5.41) is 3.14. The van der Waals surface area contributed by atoms with E-state index in [1.54, 1.807) is 0 Å². The van der Waals surface area contributed by atoms with Crippen LogP contribution in [-0.2, 0) is 0 Å². The van der Waals surface area contributed by atoms with Crippen LogP contribution >= 0.6 is 0 Å². The van der Waals surface area contributed by atoms with E-state index in [9.17, 15) is 4.79 Å². The maximum atomic E-state index is 12.1. The van der Waals surface area contributed by atoms with E-state index in [2.05, 4.69) is 12.2 Å². The monoisotopic (exact) mass is 235 g/mol. The summed E-state index contributed by atoms with van der Waals surface area (Å²) in [4.78, 5) is 12.1. The third-order valence-corrected chi connectivity index (χ3v) is 3.71. The van der Waals surface area contributed by atoms with Gasteiger partial charge in [-0.15, -0.1) is 0 Å². The average Bonchev–Trinajstić information content (AvgIpc) is 2.61. The summed E-state index contributed by atoms with van der Waals surface area (Å²) in [6.45, 7) is 5.93. The predicted molar refractivity (Wildman–Crippen MR) is 67.1 cm³/mol. The Morgan fingerprint density at radius 3 is 2.65 bits per heavy atom. The molecule has 94 valence electrons. The standard InChI is InChI=1S/C14H21NO2/c1-9-6-4-5-7-13(9)15-14(16)12-8-10(2)17-11(12)3/h8-9,13H,4-7H2,1-3H3,(H,15,16)/t9-,13-/m1/s1.